The molecule has 3 heterocycles. The SMILES string of the molecule is O=S(=O)(Nc1c(Cl)ccc2cccnc12)c1cncc(N2CCCC2)n1. The molecule has 9 heteroatoms. The Morgan fingerprint density at radius 3 is 2.73 bits per heavy atom. The molecule has 1 saturated heterocycles. The number of sulfonamides is 1. The molecule has 0 atom stereocenters. The lowest BCUT2D eigenvalue weighted by Crippen LogP contribution is -2.22. The second-order valence-corrected chi connectivity index (χ2v) is 8.05. The number of nitrogens with one attached hydrogen (secondary N) is 1. The fraction of sp³-hybridized carbons (Fsp3) is 0.235. The molecule has 0 bridgehead atoms. The largest absolute Gasteiger partial charge is 0.355 e. The maximum absolute atomic E-state index is 12.8. The van der Waals surface area contributed by atoms with Gasteiger partial charge in [-0.2, -0.15) is 8.42 Å². The number of nitrogens with zero attached hydrogens (tertiary/aromatic N) is 4. The lowest BCUT2D eigenvalue weighted by Gasteiger charge is -2.17. The van der Waals surface area contributed by atoms with Gasteiger partial charge < -0.3 is 4.90 Å². The van der Waals surface area contributed by atoms with Crippen molar-refractivity contribution in [2.75, 3.05) is 22.7 Å². The van der Waals surface area contributed by atoms with Gasteiger partial charge in [-0.1, -0.05) is 23.7 Å². The number of hydrogen-bond donors (Lipinski definition) is 1. The Morgan fingerprint density at radius 2 is 1.92 bits per heavy atom. The minimum absolute atomic E-state index is 0.147. The molecule has 0 saturated carbocycles. The molecule has 4 rings (SSSR count). The quantitative estimate of drug-likeness (QED) is 0.737. The standard InChI is InChI=1S/C17H16ClN5O2S/c18-13-6-5-12-4-3-7-20-16(12)17(13)22-26(24,25)15-11-19-10-14(21-15)23-8-1-2-9-23/h3-7,10-11,22H,1-2,8-9H2. The molecule has 1 N–H and O–H groups in total. The van der Waals surface area contributed by atoms with E-state index >= 15 is 0 Å². The first-order valence-electron chi connectivity index (χ1n) is 8.18. The molecule has 1 fully saturated rings. The predicted molar refractivity (Wildman–Crippen MR) is 101 cm³/mol. The number of pyridine rings is 1. The molecular formula is C17H16ClN5O2S. The highest BCUT2D eigenvalue weighted by molar-refractivity contribution is 7.92. The van der Waals surface area contributed by atoms with Gasteiger partial charge in [0.05, 0.1) is 28.6 Å². The van der Waals surface area contributed by atoms with Crippen molar-refractivity contribution in [3.8, 4) is 0 Å². The van der Waals surface area contributed by atoms with Crippen LogP contribution < -0.4 is 9.62 Å². The van der Waals surface area contributed by atoms with Crippen molar-refractivity contribution < 1.29 is 8.42 Å². The number of benzene rings is 1. The molecular weight excluding hydrogens is 374 g/mol. The molecule has 3 aromatic rings. The average molecular weight is 390 g/mol. The first-order valence-corrected chi connectivity index (χ1v) is 10.0. The van der Waals surface area contributed by atoms with E-state index in [0.29, 0.717) is 11.3 Å². The molecule has 1 aliphatic rings. The molecule has 0 unspecified atom stereocenters. The smallest absolute Gasteiger partial charge is 0.281 e. The monoisotopic (exact) mass is 389 g/mol. The highest BCUT2D eigenvalue weighted by atomic mass is 35.5. The third-order valence-corrected chi connectivity index (χ3v) is 5.80. The summed E-state index contributed by atoms with van der Waals surface area (Å²) in [5.74, 6) is 0.563. The van der Waals surface area contributed by atoms with E-state index in [4.69, 9.17) is 11.6 Å². The van der Waals surface area contributed by atoms with Gasteiger partial charge >= 0.3 is 0 Å². The summed E-state index contributed by atoms with van der Waals surface area (Å²) in [4.78, 5) is 14.6. The van der Waals surface area contributed by atoms with Gasteiger partial charge in [-0.25, -0.2) is 4.98 Å². The summed E-state index contributed by atoms with van der Waals surface area (Å²) in [6.45, 7) is 1.70. The third kappa shape index (κ3) is 3.17. The van der Waals surface area contributed by atoms with Gasteiger partial charge in [-0.15, -0.1) is 0 Å². The molecule has 0 spiro atoms. The highest BCUT2D eigenvalue weighted by Crippen LogP contribution is 2.31. The number of anilines is 2. The summed E-state index contributed by atoms with van der Waals surface area (Å²) in [7, 11) is -3.95. The number of rotatable bonds is 4. The average Bonchev–Trinajstić information content (AvgIpc) is 3.19. The Morgan fingerprint density at radius 1 is 1.12 bits per heavy atom. The van der Waals surface area contributed by atoms with Crippen molar-refractivity contribution in [1.29, 1.82) is 0 Å². The van der Waals surface area contributed by atoms with Crippen LogP contribution in [0.5, 0.6) is 0 Å². The molecule has 0 amide bonds. The van der Waals surface area contributed by atoms with E-state index in [-0.39, 0.29) is 15.7 Å². The fourth-order valence-corrected chi connectivity index (χ4v) is 4.22. The Labute approximate surface area is 156 Å². The summed E-state index contributed by atoms with van der Waals surface area (Å²) in [5.41, 5.74) is 0.713. The van der Waals surface area contributed by atoms with Crippen molar-refractivity contribution in [2.24, 2.45) is 0 Å². The molecule has 0 aliphatic carbocycles. The first kappa shape index (κ1) is 17.0. The summed E-state index contributed by atoms with van der Waals surface area (Å²) >= 11 is 6.22. The normalized spacial score (nSPS) is 14.7. The topological polar surface area (TPSA) is 88.1 Å². The van der Waals surface area contributed by atoms with Crippen LogP contribution in [0.2, 0.25) is 5.02 Å². The van der Waals surface area contributed by atoms with Crippen molar-refractivity contribution in [1.82, 2.24) is 15.0 Å². The maximum atomic E-state index is 12.8. The van der Waals surface area contributed by atoms with E-state index < -0.39 is 10.0 Å². The van der Waals surface area contributed by atoms with E-state index in [2.05, 4.69) is 19.7 Å². The second kappa shape index (κ2) is 6.69. The highest BCUT2D eigenvalue weighted by Gasteiger charge is 2.22. The van der Waals surface area contributed by atoms with Crippen LogP contribution in [0.15, 0.2) is 47.9 Å². The van der Waals surface area contributed by atoms with E-state index in [1.54, 1.807) is 30.6 Å². The van der Waals surface area contributed by atoms with Gasteiger partial charge in [-0.3, -0.25) is 14.7 Å². The zero-order chi connectivity index (χ0) is 18.1. The van der Waals surface area contributed by atoms with Crippen LogP contribution in [0.4, 0.5) is 11.5 Å². The van der Waals surface area contributed by atoms with E-state index in [0.717, 1.165) is 31.3 Å². The van der Waals surface area contributed by atoms with Crippen LogP contribution in [0, 0.1) is 0 Å². The Kier molecular flexibility index (Phi) is 4.37. The summed E-state index contributed by atoms with van der Waals surface area (Å²) in [6.07, 6.45) is 6.53. The molecule has 7 nitrogen and oxygen atoms in total. The van der Waals surface area contributed by atoms with Crippen LogP contribution >= 0.6 is 11.6 Å². The number of fused-ring (bicyclic) bond motifs is 1. The van der Waals surface area contributed by atoms with E-state index in [1.807, 2.05) is 11.0 Å². The molecule has 134 valence electrons. The van der Waals surface area contributed by atoms with Crippen LogP contribution in [0.25, 0.3) is 10.9 Å². The zero-order valence-electron chi connectivity index (χ0n) is 13.8. The van der Waals surface area contributed by atoms with Gasteiger partial charge in [0.1, 0.15) is 5.82 Å². The van der Waals surface area contributed by atoms with Crippen molar-refractivity contribution in [3.63, 3.8) is 0 Å². The van der Waals surface area contributed by atoms with Gasteiger partial charge in [0, 0.05) is 24.7 Å². The predicted octanol–water partition coefficient (Wildman–Crippen LogP) is 3.08. The van der Waals surface area contributed by atoms with Gasteiger partial charge in [0.2, 0.25) is 0 Å². The summed E-state index contributed by atoms with van der Waals surface area (Å²) in [6, 6.07) is 7.04. The van der Waals surface area contributed by atoms with Gasteiger partial charge in [-0.05, 0) is 25.0 Å². The number of aromatic nitrogens is 3. The van der Waals surface area contributed by atoms with Crippen LogP contribution in [-0.2, 0) is 10.0 Å². The molecule has 26 heavy (non-hydrogen) atoms. The van der Waals surface area contributed by atoms with Crippen molar-refractivity contribution in [3.05, 3.63) is 47.9 Å². The molecule has 2 aromatic heterocycles. The Hall–Kier alpha value is -2.45. The summed E-state index contributed by atoms with van der Waals surface area (Å²) < 4.78 is 28.2. The minimum atomic E-state index is -3.95. The maximum Gasteiger partial charge on any atom is 0.281 e. The first-order chi connectivity index (χ1) is 12.5. The number of halogens is 1. The van der Waals surface area contributed by atoms with E-state index in [1.165, 1.54) is 6.20 Å². The number of hydrogen-bond acceptors (Lipinski definition) is 6. The van der Waals surface area contributed by atoms with Gasteiger partial charge in [0.25, 0.3) is 10.0 Å². The summed E-state index contributed by atoms with van der Waals surface area (Å²) in [5, 5.41) is 0.904. The molecule has 0 radical (unpaired) electrons. The third-order valence-electron chi connectivity index (χ3n) is 4.27. The van der Waals surface area contributed by atoms with Gasteiger partial charge in [0.15, 0.2) is 5.03 Å². The van der Waals surface area contributed by atoms with Crippen LogP contribution in [0.1, 0.15) is 12.8 Å². The van der Waals surface area contributed by atoms with Crippen molar-refractivity contribution >= 4 is 44.0 Å². The van der Waals surface area contributed by atoms with Crippen LogP contribution in [0.3, 0.4) is 0 Å². The lowest BCUT2D eigenvalue weighted by molar-refractivity contribution is 0.596. The lowest BCUT2D eigenvalue weighted by atomic mass is 10.2. The Bertz CT molecular complexity index is 1070. The molecule has 1 aromatic carbocycles. The van der Waals surface area contributed by atoms with E-state index in [9.17, 15) is 8.42 Å². The zero-order valence-corrected chi connectivity index (χ0v) is 15.3. The minimum Gasteiger partial charge on any atom is -0.355 e. The fourth-order valence-electron chi connectivity index (χ4n) is 2.97. The second-order valence-electron chi connectivity index (χ2n) is 6.01. The Balaban J connectivity index is 1.72. The van der Waals surface area contributed by atoms with Crippen molar-refractivity contribution in [2.45, 2.75) is 17.9 Å². The van der Waals surface area contributed by atoms with Crippen LogP contribution in [-0.4, -0.2) is 36.5 Å². The molecule has 1 aliphatic heterocycles.